The molecule has 274 valence electrons. The van der Waals surface area contributed by atoms with Crippen LogP contribution in [0.2, 0.25) is 0 Å². The average Bonchev–Trinajstić information content (AvgIpc) is 3.05. The van der Waals surface area contributed by atoms with Crippen molar-refractivity contribution in [2.45, 2.75) is 72.1 Å². The number of amides is 3. The molecule has 2 aromatic carbocycles. The molecule has 0 spiro atoms. The second-order valence-electron chi connectivity index (χ2n) is 14.1. The Morgan fingerprint density at radius 1 is 0.980 bits per heavy atom. The van der Waals surface area contributed by atoms with Gasteiger partial charge in [0.1, 0.15) is 11.8 Å². The van der Waals surface area contributed by atoms with E-state index < -0.39 is 28.4 Å². The molecule has 1 aliphatic rings. The van der Waals surface area contributed by atoms with Crippen molar-refractivity contribution in [3.63, 3.8) is 0 Å². The largest absolute Gasteiger partial charge is 0.444 e. The first kappa shape index (κ1) is 38.5. The summed E-state index contributed by atoms with van der Waals surface area (Å²) in [7, 11) is 0. The van der Waals surface area contributed by atoms with Crippen molar-refractivity contribution < 1.29 is 24.0 Å². The molecule has 1 heterocycles. The Hall–Kier alpha value is -5.31. The number of hydrogen-bond donors (Lipinski definition) is 5. The lowest BCUT2D eigenvalue weighted by Gasteiger charge is -2.29. The van der Waals surface area contributed by atoms with E-state index >= 15 is 0 Å². The van der Waals surface area contributed by atoms with Gasteiger partial charge in [0.25, 0.3) is 0 Å². The van der Waals surface area contributed by atoms with E-state index in [4.69, 9.17) is 16.2 Å². The lowest BCUT2D eigenvalue weighted by atomic mass is 9.82. The van der Waals surface area contributed by atoms with Crippen LogP contribution in [0.3, 0.4) is 0 Å². The summed E-state index contributed by atoms with van der Waals surface area (Å²) in [6.07, 6.45) is 4.53. The van der Waals surface area contributed by atoms with Crippen molar-refractivity contribution >= 4 is 35.4 Å². The number of nitrogens with one attached hydrogen (secondary N) is 3. The van der Waals surface area contributed by atoms with E-state index in [0.29, 0.717) is 38.0 Å². The highest BCUT2D eigenvalue weighted by atomic mass is 16.6. The maximum Gasteiger partial charge on any atom is 0.407 e. The van der Waals surface area contributed by atoms with Crippen molar-refractivity contribution in [3.8, 4) is 11.1 Å². The van der Waals surface area contributed by atoms with E-state index in [-0.39, 0.29) is 30.5 Å². The smallest absolute Gasteiger partial charge is 0.407 e. The predicted molar refractivity (Wildman–Crippen MR) is 194 cm³/mol. The van der Waals surface area contributed by atoms with E-state index in [2.05, 4.69) is 25.9 Å². The third kappa shape index (κ3) is 12.2. The number of nitro groups is 1. The molecule has 0 atom stereocenters. The van der Waals surface area contributed by atoms with Gasteiger partial charge in [-0.15, -0.1) is 0 Å². The van der Waals surface area contributed by atoms with Crippen LogP contribution in [0.1, 0.15) is 63.1 Å². The highest BCUT2D eigenvalue weighted by Crippen LogP contribution is 2.31. The number of nitrogens with zero attached hydrogens (tertiary/aromatic N) is 4. The second-order valence-corrected chi connectivity index (χ2v) is 14.1. The minimum absolute atomic E-state index is 0.0903. The van der Waals surface area contributed by atoms with Gasteiger partial charge in [0.05, 0.1) is 18.0 Å². The quantitative estimate of drug-likeness (QED) is 0.103. The first-order chi connectivity index (χ1) is 24.2. The number of ether oxygens (including phenoxy) is 1. The molecule has 0 bridgehead atoms. The lowest BCUT2D eigenvalue weighted by Crippen LogP contribution is -2.39. The zero-order chi connectivity index (χ0) is 37.1. The highest BCUT2D eigenvalue weighted by molar-refractivity contribution is 5.79. The standard InChI is InChI=1S/C36H49N9O6/c1-23-28(9-6-10-29(23)27-8-5-7-26(15-27)20-44(21-31(37)46)22-32(38)47)18-40-34-41-19-30(45(49)50)33(43-34)39-16-24-11-13-25(14-12-24)17-42-35(48)51-36(2,3)4/h5-10,15,19,24-25H,11-14,16-18,20-22H2,1-4H3,(H2,37,46)(H2,38,47)(H,42,48)(H2,39,40,41,43)/t24-,25-. The summed E-state index contributed by atoms with van der Waals surface area (Å²) in [5.41, 5.74) is 14.8. The molecule has 1 saturated carbocycles. The zero-order valence-electron chi connectivity index (χ0n) is 29.7. The summed E-state index contributed by atoms with van der Waals surface area (Å²) in [5.74, 6) is -0.00393. The number of primary amides is 2. The Morgan fingerprint density at radius 3 is 2.25 bits per heavy atom. The molecule has 15 nitrogen and oxygen atoms in total. The van der Waals surface area contributed by atoms with Crippen molar-refractivity contribution in [3.05, 3.63) is 75.5 Å². The topological polar surface area (TPSA) is 221 Å². The van der Waals surface area contributed by atoms with Gasteiger partial charge in [-0.2, -0.15) is 4.98 Å². The van der Waals surface area contributed by atoms with Crippen LogP contribution in [0.4, 0.5) is 22.2 Å². The zero-order valence-corrected chi connectivity index (χ0v) is 29.7. The number of alkyl carbamates (subject to hydrolysis) is 1. The van der Waals surface area contributed by atoms with Crippen molar-refractivity contribution in [2.75, 3.05) is 36.8 Å². The molecule has 1 fully saturated rings. The summed E-state index contributed by atoms with van der Waals surface area (Å²) in [6, 6.07) is 13.8. The highest BCUT2D eigenvalue weighted by Gasteiger charge is 2.25. The first-order valence-corrected chi connectivity index (χ1v) is 17.1. The number of rotatable bonds is 16. The van der Waals surface area contributed by atoms with Gasteiger partial charge in [0, 0.05) is 26.2 Å². The fourth-order valence-corrected chi connectivity index (χ4v) is 6.21. The number of hydrogen-bond acceptors (Lipinski definition) is 11. The summed E-state index contributed by atoms with van der Waals surface area (Å²) in [6.45, 7) is 9.12. The van der Waals surface area contributed by atoms with Crippen molar-refractivity contribution in [1.29, 1.82) is 0 Å². The Kier molecular flexibility index (Phi) is 13.3. The van der Waals surface area contributed by atoms with Crippen LogP contribution in [-0.4, -0.2) is 69.5 Å². The summed E-state index contributed by atoms with van der Waals surface area (Å²) in [4.78, 5) is 56.6. The van der Waals surface area contributed by atoms with Gasteiger partial charge in [-0.1, -0.05) is 36.4 Å². The van der Waals surface area contributed by atoms with Crippen molar-refractivity contribution in [2.24, 2.45) is 23.3 Å². The van der Waals surface area contributed by atoms with Crippen LogP contribution >= 0.6 is 0 Å². The Bertz CT molecular complexity index is 1690. The number of aromatic nitrogens is 2. The van der Waals surface area contributed by atoms with Gasteiger partial charge in [0.2, 0.25) is 23.6 Å². The fraction of sp³-hybridized carbons (Fsp3) is 0.472. The van der Waals surface area contributed by atoms with Crippen LogP contribution in [0.15, 0.2) is 48.7 Å². The number of benzene rings is 2. The molecule has 1 aliphatic carbocycles. The predicted octanol–water partition coefficient (Wildman–Crippen LogP) is 4.49. The van der Waals surface area contributed by atoms with Crippen LogP contribution < -0.4 is 27.4 Å². The van der Waals surface area contributed by atoms with Gasteiger partial charge in [-0.05, 0) is 99.1 Å². The Labute approximate surface area is 298 Å². The minimum Gasteiger partial charge on any atom is -0.444 e. The molecule has 15 heteroatoms. The molecular weight excluding hydrogens is 654 g/mol. The molecule has 0 aliphatic heterocycles. The van der Waals surface area contributed by atoms with Gasteiger partial charge < -0.3 is 32.2 Å². The summed E-state index contributed by atoms with van der Waals surface area (Å²) in [5, 5.41) is 21.1. The molecule has 7 N–H and O–H groups in total. The molecule has 4 rings (SSSR count). The van der Waals surface area contributed by atoms with E-state index in [1.807, 2.05) is 70.2 Å². The summed E-state index contributed by atoms with van der Waals surface area (Å²) >= 11 is 0. The number of carbonyl (C=O) groups excluding carboxylic acids is 3. The Morgan fingerprint density at radius 2 is 1.63 bits per heavy atom. The van der Waals surface area contributed by atoms with Gasteiger partial charge >= 0.3 is 11.8 Å². The SMILES string of the molecule is Cc1c(CNc2ncc([N+](=O)[O-])c(NC[C@H]3CC[C@H](CNC(=O)OC(C)(C)C)CC3)n2)cccc1-c1cccc(CN(CC(N)=O)CC(N)=O)c1. The number of anilines is 2. The van der Waals surface area contributed by atoms with Crippen molar-refractivity contribution in [1.82, 2.24) is 20.2 Å². The summed E-state index contributed by atoms with van der Waals surface area (Å²) < 4.78 is 5.33. The molecule has 0 saturated heterocycles. The van der Waals surface area contributed by atoms with Crippen LogP contribution in [-0.2, 0) is 27.4 Å². The third-order valence-electron chi connectivity index (χ3n) is 8.71. The van der Waals surface area contributed by atoms with Gasteiger partial charge in [0.15, 0.2) is 0 Å². The molecule has 0 radical (unpaired) electrons. The fourth-order valence-electron chi connectivity index (χ4n) is 6.21. The molecular formula is C36H49N9O6. The minimum atomic E-state index is -0.548. The molecule has 0 unspecified atom stereocenters. The first-order valence-electron chi connectivity index (χ1n) is 17.1. The lowest BCUT2D eigenvalue weighted by molar-refractivity contribution is -0.384. The second kappa shape index (κ2) is 17.6. The monoisotopic (exact) mass is 703 g/mol. The van der Waals surface area contributed by atoms with Crippen LogP contribution in [0.5, 0.6) is 0 Å². The average molecular weight is 704 g/mol. The molecule has 3 amide bonds. The maximum absolute atomic E-state index is 12.0. The number of carbonyl (C=O) groups is 3. The molecule has 51 heavy (non-hydrogen) atoms. The maximum atomic E-state index is 12.0. The molecule has 3 aromatic rings. The van der Waals surface area contributed by atoms with Gasteiger partial charge in [-0.25, -0.2) is 9.78 Å². The van der Waals surface area contributed by atoms with E-state index in [1.54, 1.807) is 4.90 Å². The Balaban J connectivity index is 1.36. The van der Waals surface area contributed by atoms with Crippen LogP contribution in [0.25, 0.3) is 11.1 Å². The normalized spacial score (nSPS) is 15.9. The molecule has 1 aromatic heterocycles. The number of nitrogens with two attached hydrogens (primary N) is 2. The van der Waals surface area contributed by atoms with Gasteiger partial charge in [-0.3, -0.25) is 24.6 Å². The van der Waals surface area contributed by atoms with Crippen LogP contribution in [0, 0.1) is 28.9 Å². The van der Waals surface area contributed by atoms with E-state index in [9.17, 15) is 24.5 Å². The third-order valence-corrected chi connectivity index (χ3v) is 8.71. The van der Waals surface area contributed by atoms with E-state index in [0.717, 1.165) is 53.5 Å². The van der Waals surface area contributed by atoms with E-state index in [1.165, 1.54) is 6.20 Å².